The van der Waals surface area contributed by atoms with Gasteiger partial charge in [0.2, 0.25) is 0 Å². The van der Waals surface area contributed by atoms with E-state index >= 15 is 0 Å². The third-order valence-electron chi connectivity index (χ3n) is 3.18. The van der Waals surface area contributed by atoms with Crippen LogP contribution in [0, 0.1) is 13.8 Å². The minimum absolute atomic E-state index is 0.544. The van der Waals surface area contributed by atoms with Crippen LogP contribution in [0.5, 0.6) is 5.75 Å². The number of rotatable bonds is 3. The summed E-state index contributed by atoms with van der Waals surface area (Å²) in [6.07, 6.45) is 0. The van der Waals surface area contributed by atoms with Crippen molar-refractivity contribution in [3.8, 4) is 16.9 Å². The lowest BCUT2D eigenvalue weighted by Gasteiger charge is -2.13. The van der Waals surface area contributed by atoms with Gasteiger partial charge in [-0.3, -0.25) is 0 Å². The number of aryl methyl sites for hydroxylation is 2. The Labute approximate surface area is 108 Å². The van der Waals surface area contributed by atoms with Crippen molar-refractivity contribution in [3.05, 3.63) is 53.1 Å². The van der Waals surface area contributed by atoms with Crippen LogP contribution in [0.25, 0.3) is 11.1 Å². The zero-order valence-corrected chi connectivity index (χ0v) is 11.2. The van der Waals surface area contributed by atoms with Crippen LogP contribution in [0.1, 0.15) is 16.7 Å². The van der Waals surface area contributed by atoms with E-state index in [2.05, 4.69) is 38.1 Å². The Balaban J connectivity index is 2.64. The molecule has 2 aromatic carbocycles. The summed E-state index contributed by atoms with van der Waals surface area (Å²) >= 11 is 0. The molecule has 2 aromatic rings. The van der Waals surface area contributed by atoms with Crippen molar-refractivity contribution in [2.45, 2.75) is 20.4 Å². The highest BCUT2D eigenvalue weighted by molar-refractivity contribution is 5.74. The van der Waals surface area contributed by atoms with E-state index < -0.39 is 0 Å². The quantitative estimate of drug-likeness (QED) is 0.893. The van der Waals surface area contributed by atoms with E-state index in [-0.39, 0.29) is 0 Å². The van der Waals surface area contributed by atoms with Crippen molar-refractivity contribution in [2.24, 2.45) is 5.73 Å². The molecule has 0 spiro atoms. The highest BCUT2D eigenvalue weighted by atomic mass is 16.5. The molecule has 2 nitrogen and oxygen atoms in total. The average molecular weight is 241 g/mol. The molecule has 2 rings (SSSR count). The Hall–Kier alpha value is -1.80. The first kappa shape index (κ1) is 12.7. The zero-order valence-electron chi connectivity index (χ0n) is 11.2. The zero-order chi connectivity index (χ0) is 13.1. The molecular weight excluding hydrogens is 222 g/mol. The topological polar surface area (TPSA) is 35.2 Å². The van der Waals surface area contributed by atoms with Gasteiger partial charge in [-0.2, -0.15) is 0 Å². The molecule has 0 heterocycles. The SMILES string of the molecule is COc1ccc(CN)cc1-c1cc(C)ccc1C. The molecule has 0 bridgehead atoms. The third-order valence-corrected chi connectivity index (χ3v) is 3.18. The summed E-state index contributed by atoms with van der Waals surface area (Å²) in [4.78, 5) is 0. The Morgan fingerprint density at radius 1 is 1.00 bits per heavy atom. The van der Waals surface area contributed by atoms with Crippen molar-refractivity contribution in [2.75, 3.05) is 7.11 Å². The highest BCUT2D eigenvalue weighted by Crippen LogP contribution is 2.33. The lowest BCUT2D eigenvalue weighted by atomic mass is 9.96. The molecule has 0 saturated heterocycles. The second kappa shape index (κ2) is 5.23. The molecule has 18 heavy (non-hydrogen) atoms. The number of benzene rings is 2. The molecule has 0 radical (unpaired) electrons. The molecule has 0 aromatic heterocycles. The van der Waals surface area contributed by atoms with Crippen molar-refractivity contribution in [1.29, 1.82) is 0 Å². The van der Waals surface area contributed by atoms with Gasteiger partial charge >= 0.3 is 0 Å². The van der Waals surface area contributed by atoms with Gasteiger partial charge in [-0.1, -0.05) is 29.8 Å². The molecule has 2 N–H and O–H groups in total. The van der Waals surface area contributed by atoms with Gasteiger partial charge in [0.25, 0.3) is 0 Å². The predicted molar refractivity (Wildman–Crippen MR) is 75.8 cm³/mol. The molecule has 0 unspecified atom stereocenters. The van der Waals surface area contributed by atoms with Crippen LogP contribution in [0.4, 0.5) is 0 Å². The van der Waals surface area contributed by atoms with Gasteiger partial charge in [-0.15, -0.1) is 0 Å². The van der Waals surface area contributed by atoms with Crippen molar-refractivity contribution in [1.82, 2.24) is 0 Å². The van der Waals surface area contributed by atoms with Crippen LogP contribution >= 0.6 is 0 Å². The van der Waals surface area contributed by atoms with Crippen molar-refractivity contribution >= 4 is 0 Å². The summed E-state index contributed by atoms with van der Waals surface area (Å²) in [7, 11) is 1.70. The van der Waals surface area contributed by atoms with Gasteiger partial charge in [0.15, 0.2) is 0 Å². The summed E-state index contributed by atoms with van der Waals surface area (Å²) in [5, 5.41) is 0. The number of hydrogen-bond donors (Lipinski definition) is 1. The molecule has 0 atom stereocenters. The van der Waals surface area contributed by atoms with E-state index in [1.807, 2.05) is 12.1 Å². The normalized spacial score (nSPS) is 10.4. The average Bonchev–Trinajstić information content (AvgIpc) is 2.40. The second-order valence-corrected chi connectivity index (χ2v) is 4.56. The molecule has 0 aliphatic rings. The number of hydrogen-bond acceptors (Lipinski definition) is 2. The van der Waals surface area contributed by atoms with Crippen LogP contribution in [0.15, 0.2) is 36.4 Å². The first-order valence-electron chi connectivity index (χ1n) is 6.10. The van der Waals surface area contributed by atoms with E-state index in [0.717, 1.165) is 16.9 Å². The standard InChI is InChI=1S/C16H19NO/c1-11-4-5-12(2)14(8-11)15-9-13(10-17)6-7-16(15)18-3/h4-9H,10,17H2,1-3H3. The lowest BCUT2D eigenvalue weighted by Crippen LogP contribution is -1.98. The second-order valence-electron chi connectivity index (χ2n) is 4.56. The fourth-order valence-electron chi connectivity index (χ4n) is 2.12. The van der Waals surface area contributed by atoms with E-state index in [9.17, 15) is 0 Å². The Kier molecular flexibility index (Phi) is 3.68. The fraction of sp³-hybridized carbons (Fsp3) is 0.250. The first-order valence-corrected chi connectivity index (χ1v) is 6.10. The third kappa shape index (κ3) is 2.39. The van der Waals surface area contributed by atoms with Crippen molar-refractivity contribution in [3.63, 3.8) is 0 Å². The maximum Gasteiger partial charge on any atom is 0.126 e. The minimum Gasteiger partial charge on any atom is -0.496 e. The van der Waals surface area contributed by atoms with Gasteiger partial charge in [0, 0.05) is 12.1 Å². The highest BCUT2D eigenvalue weighted by Gasteiger charge is 2.09. The summed E-state index contributed by atoms with van der Waals surface area (Å²) in [5.41, 5.74) is 11.6. The molecule has 94 valence electrons. The molecule has 0 aliphatic carbocycles. The van der Waals surface area contributed by atoms with E-state index in [0.29, 0.717) is 6.54 Å². The summed E-state index contributed by atoms with van der Waals surface area (Å²) < 4.78 is 5.45. The van der Waals surface area contributed by atoms with Crippen molar-refractivity contribution < 1.29 is 4.74 Å². The van der Waals surface area contributed by atoms with Gasteiger partial charge < -0.3 is 10.5 Å². The summed E-state index contributed by atoms with van der Waals surface area (Å²) in [6.45, 7) is 4.76. The number of methoxy groups -OCH3 is 1. The maximum atomic E-state index is 5.72. The monoisotopic (exact) mass is 241 g/mol. The molecule has 0 fully saturated rings. The largest absolute Gasteiger partial charge is 0.496 e. The van der Waals surface area contributed by atoms with Crippen LogP contribution < -0.4 is 10.5 Å². The van der Waals surface area contributed by atoms with Gasteiger partial charge in [-0.25, -0.2) is 0 Å². The predicted octanol–water partition coefficient (Wildman–Crippen LogP) is 3.44. The van der Waals surface area contributed by atoms with E-state index in [1.54, 1.807) is 7.11 Å². The van der Waals surface area contributed by atoms with Gasteiger partial charge in [-0.05, 0) is 42.7 Å². The molecule has 0 aliphatic heterocycles. The summed E-state index contributed by atoms with van der Waals surface area (Å²) in [5.74, 6) is 0.890. The van der Waals surface area contributed by atoms with Crippen LogP contribution in [-0.4, -0.2) is 7.11 Å². The number of ether oxygens (including phenoxy) is 1. The minimum atomic E-state index is 0.544. The summed E-state index contributed by atoms with van der Waals surface area (Å²) in [6, 6.07) is 12.6. The van der Waals surface area contributed by atoms with Crippen LogP contribution in [0.3, 0.4) is 0 Å². The van der Waals surface area contributed by atoms with Crippen LogP contribution in [0.2, 0.25) is 0 Å². The Morgan fingerprint density at radius 2 is 1.78 bits per heavy atom. The van der Waals surface area contributed by atoms with Crippen LogP contribution in [-0.2, 0) is 6.54 Å². The van der Waals surface area contributed by atoms with Gasteiger partial charge in [0.1, 0.15) is 5.75 Å². The first-order chi connectivity index (χ1) is 8.65. The fourth-order valence-corrected chi connectivity index (χ4v) is 2.12. The lowest BCUT2D eigenvalue weighted by molar-refractivity contribution is 0.416. The Bertz CT molecular complexity index is 561. The smallest absolute Gasteiger partial charge is 0.126 e. The van der Waals surface area contributed by atoms with E-state index in [1.165, 1.54) is 16.7 Å². The molecular formula is C16H19NO. The van der Waals surface area contributed by atoms with Gasteiger partial charge in [0.05, 0.1) is 7.11 Å². The van der Waals surface area contributed by atoms with E-state index in [4.69, 9.17) is 10.5 Å². The number of nitrogens with two attached hydrogens (primary N) is 1. The Morgan fingerprint density at radius 3 is 2.44 bits per heavy atom. The molecule has 0 amide bonds. The maximum absolute atomic E-state index is 5.72. The molecule has 0 saturated carbocycles. The molecule has 2 heteroatoms.